The first-order valence-corrected chi connectivity index (χ1v) is 9.57. The van der Waals surface area contributed by atoms with Gasteiger partial charge in [-0.05, 0) is 36.4 Å². The molecule has 1 unspecified atom stereocenters. The quantitative estimate of drug-likeness (QED) is 0.412. The van der Waals surface area contributed by atoms with Gasteiger partial charge in [-0.3, -0.25) is 14.9 Å². The summed E-state index contributed by atoms with van der Waals surface area (Å²) < 4.78 is 0. The fraction of sp³-hybridized carbons (Fsp3) is 0.316. The van der Waals surface area contributed by atoms with Crippen LogP contribution in [0, 0.1) is 16.0 Å². The molecule has 2 N–H and O–H groups in total. The maximum Gasteiger partial charge on any atom is 0.282 e. The first-order chi connectivity index (χ1) is 12.4. The Balaban J connectivity index is 2.11. The third-order valence-corrected chi connectivity index (χ3v) is 4.78. The largest absolute Gasteiger partial charge is 0.380 e. The molecule has 0 saturated heterocycles. The summed E-state index contributed by atoms with van der Waals surface area (Å²) in [7, 11) is 0. The molecule has 2 rings (SSSR count). The van der Waals surface area contributed by atoms with E-state index in [0.717, 1.165) is 10.6 Å². The third kappa shape index (κ3) is 5.23. The van der Waals surface area contributed by atoms with Gasteiger partial charge in [-0.1, -0.05) is 32.0 Å². The molecule has 26 heavy (non-hydrogen) atoms. The standard InChI is InChI=1S/C19H23N3O3S/c1-13(2)17(21-14-7-5-4-6-8-14)12-20-19(23)16-11-15(26-3)9-10-18(16)22(24)25/h4-11,13,17,21H,12H2,1-3H3,(H,20,23). The minimum Gasteiger partial charge on any atom is -0.380 e. The highest BCUT2D eigenvalue weighted by atomic mass is 32.2. The third-order valence-electron chi connectivity index (χ3n) is 4.06. The number of carbonyl (C=O) groups excluding carboxylic acids is 1. The van der Waals surface area contributed by atoms with E-state index in [9.17, 15) is 14.9 Å². The topological polar surface area (TPSA) is 84.3 Å². The van der Waals surface area contributed by atoms with Crippen LogP contribution in [0.2, 0.25) is 0 Å². The highest BCUT2D eigenvalue weighted by Gasteiger charge is 2.22. The summed E-state index contributed by atoms with van der Waals surface area (Å²) in [6.45, 7) is 4.49. The molecule has 6 nitrogen and oxygen atoms in total. The van der Waals surface area contributed by atoms with E-state index in [4.69, 9.17) is 0 Å². The highest BCUT2D eigenvalue weighted by Crippen LogP contribution is 2.24. The number of nitro benzene ring substituents is 1. The van der Waals surface area contributed by atoms with E-state index in [1.165, 1.54) is 17.8 Å². The van der Waals surface area contributed by atoms with Crippen molar-refractivity contribution in [3.8, 4) is 0 Å². The molecule has 2 aromatic rings. The number of para-hydroxylation sites is 1. The van der Waals surface area contributed by atoms with E-state index < -0.39 is 10.8 Å². The Morgan fingerprint density at radius 2 is 1.88 bits per heavy atom. The summed E-state index contributed by atoms with van der Waals surface area (Å²) in [5.74, 6) is -0.170. The lowest BCUT2D eigenvalue weighted by molar-refractivity contribution is -0.385. The smallest absolute Gasteiger partial charge is 0.282 e. The Bertz CT molecular complexity index is 766. The van der Waals surface area contributed by atoms with Crippen molar-refractivity contribution in [2.75, 3.05) is 18.1 Å². The number of rotatable bonds is 8. The molecule has 1 atom stereocenters. The zero-order valence-corrected chi connectivity index (χ0v) is 15.9. The molecular formula is C19H23N3O3S. The summed E-state index contributed by atoms with van der Waals surface area (Å²) in [5.41, 5.74) is 0.872. The van der Waals surface area contributed by atoms with Gasteiger partial charge in [0.25, 0.3) is 11.6 Å². The molecule has 0 spiro atoms. The van der Waals surface area contributed by atoms with E-state index in [2.05, 4.69) is 24.5 Å². The van der Waals surface area contributed by atoms with E-state index in [0.29, 0.717) is 6.54 Å². The summed E-state index contributed by atoms with van der Waals surface area (Å²) in [6.07, 6.45) is 1.86. The Morgan fingerprint density at radius 1 is 1.19 bits per heavy atom. The highest BCUT2D eigenvalue weighted by molar-refractivity contribution is 7.98. The molecular weight excluding hydrogens is 350 g/mol. The molecule has 2 aromatic carbocycles. The molecule has 138 valence electrons. The van der Waals surface area contributed by atoms with Crippen LogP contribution >= 0.6 is 11.8 Å². The van der Waals surface area contributed by atoms with Gasteiger partial charge in [-0.25, -0.2) is 0 Å². The molecule has 0 radical (unpaired) electrons. The van der Waals surface area contributed by atoms with Crippen LogP contribution < -0.4 is 10.6 Å². The van der Waals surface area contributed by atoms with Gasteiger partial charge in [0.05, 0.1) is 4.92 Å². The number of nitro groups is 1. The van der Waals surface area contributed by atoms with Crippen molar-refractivity contribution in [2.24, 2.45) is 5.92 Å². The molecule has 0 aromatic heterocycles. The lowest BCUT2D eigenvalue weighted by Crippen LogP contribution is -2.39. The Labute approximate surface area is 157 Å². The number of thioether (sulfide) groups is 1. The number of nitrogens with one attached hydrogen (secondary N) is 2. The fourth-order valence-electron chi connectivity index (χ4n) is 2.48. The minimum atomic E-state index is -0.527. The number of hydrogen-bond acceptors (Lipinski definition) is 5. The van der Waals surface area contributed by atoms with E-state index in [1.807, 2.05) is 36.6 Å². The molecule has 0 bridgehead atoms. The molecule has 0 saturated carbocycles. The van der Waals surface area contributed by atoms with Gasteiger partial charge in [0, 0.05) is 29.2 Å². The number of amides is 1. The van der Waals surface area contributed by atoms with Crippen LogP contribution in [0.1, 0.15) is 24.2 Å². The average Bonchev–Trinajstić information content (AvgIpc) is 2.64. The first kappa shape index (κ1) is 19.8. The van der Waals surface area contributed by atoms with Crippen molar-refractivity contribution < 1.29 is 9.72 Å². The van der Waals surface area contributed by atoms with Crippen molar-refractivity contribution in [3.05, 3.63) is 64.2 Å². The molecule has 1 amide bonds. The van der Waals surface area contributed by atoms with Gasteiger partial charge in [0.1, 0.15) is 5.56 Å². The second-order valence-electron chi connectivity index (χ2n) is 6.21. The van der Waals surface area contributed by atoms with Crippen LogP contribution in [-0.4, -0.2) is 29.7 Å². The zero-order valence-electron chi connectivity index (χ0n) is 15.1. The summed E-state index contributed by atoms with van der Waals surface area (Å²) in [5, 5.41) is 17.4. The van der Waals surface area contributed by atoms with Crippen molar-refractivity contribution in [2.45, 2.75) is 24.8 Å². The summed E-state index contributed by atoms with van der Waals surface area (Å²) in [4.78, 5) is 24.1. The Morgan fingerprint density at radius 3 is 2.46 bits per heavy atom. The van der Waals surface area contributed by atoms with Crippen molar-refractivity contribution in [1.29, 1.82) is 0 Å². The van der Waals surface area contributed by atoms with Gasteiger partial charge < -0.3 is 10.6 Å². The SMILES string of the molecule is CSc1ccc([N+](=O)[O-])c(C(=O)NCC(Nc2ccccc2)C(C)C)c1. The lowest BCUT2D eigenvalue weighted by Gasteiger charge is -2.24. The van der Waals surface area contributed by atoms with Crippen LogP contribution in [0.3, 0.4) is 0 Å². The molecule has 0 aliphatic heterocycles. The van der Waals surface area contributed by atoms with E-state index in [1.54, 1.807) is 12.1 Å². The maximum atomic E-state index is 12.6. The average molecular weight is 373 g/mol. The number of nitrogens with zero attached hydrogens (tertiary/aromatic N) is 1. The Hall–Kier alpha value is -2.54. The molecule has 0 aliphatic carbocycles. The predicted octanol–water partition coefficient (Wildman–Crippen LogP) is 4.18. The normalized spacial score (nSPS) is 11.8. The number of anilines is 1. The monoisotopic (exact) mass is 373 g/mol. The molecule has 0 aliphatic rings. The minimum absolute atomic E-state index is 0.00383. The summed E-state index contributed by atoms with van der Waals surface area (Å²) in [6, 6.07) is 14.3. The van der Waals surface area contributed by atoms with Gasteiger partial charge in [0.15, 0.2) is 0 Å². The van der Waals surface area contributed by atoms with Crippen LogP contribution in [0.4, 0.5) is 11.4 Å². The second-order valence-corrected chi connectivity index (χ2v) is 7.09. The maximum absolute atomic E-state index is 12.6. The lowest BCUT2D eigenvalue weighted by atomic mass is 10.0. The van der Waals surface area contributed by atoms with Crippen LogP contribution in [0.15, 0.2) is 53.4 Å². The molecule has 0 fully saturated rings. The number of carbonyl (C=O) groups is 1. The predicted molar refractivity (Wildman–Crippen MR) is 106 cm³/mol. The van der Waals surface area contributed by atoms with Gasteiger partial charge in [-0.15, -0.1) is 11.8 Å². The molecule has 7 heteroatoms. The zero-order chi connectivity index (χ0) is 19.1. The van der Waals surface area contributed by atoms with Gasteiger partial charge in [-0.2, -0.15) is 0 Å². The van der Waals surface area contributed by atoms with Crippen molar-refractivity contribution in [1.82, 2.24) is 5.32 Å². The second kappa shape index (κ2) is 9.24. The summed E-state index contributed by atoms with van der Waals surface area (Å²) >= 11 is 1.44. The van der Waals surface area contributed by atoms with E-state index >= 15 is 0 Å². The van der Waals surface area contributed by atoms with Crippen LogP contribution in [0.5, 0.6) is 0 Å². The Kier molecular flexibility index (Phi) is 7.03. The fourth-order valence-corrected chi connectivity index (χ4v) is 2.92. The van der Waals surface area contributed by atoms with Crippen molar-refractivity contribution >= 4 is 29.0 Å². The number of benzene rings is 2. The van der Waals surface area contributed by atoms with Crippen LogP contribution in [0.25, 0.3) is 0 Å². The van der Waals surface area contributed by atoms with Crippen molar-refractivity contribution in [3.63, 3.8) is 0 Å². The van der Waals surface area contributed by atoms with E-state index in [-0.39, 0.29) is 23.2 Å². The van der Waals surface area contributed by atoms with Crippen LogP contribution in [-0.2, 0) is 0 Å². The van der Waals surface area contributed by atoms with Gasteiger partial charge in [0.2, 0.25) is 0 Å². The molecule has 0 heterocycles. The van der Waals surface area contributed by atoms with Gasteiger partial charge >= 0.3 is 0 Å². The first-order valence-electron chi connectivity index (χ1n) is 8.34. The number of hydrogen-bond donors (Lipinski definition) is 2.